The molecule has 0 saturated carbocycles. The van der Waals surface area contributed by atoms with E-state index in [-0.39, 0.29) is 22.5 Å². The molecule has 1 aromatic carbocycles. The van der Waals surface area contributed by atoms with Crippen LogP contribution >= 0.6 is 0 Å². The predicted molar refractivity (Wildman–Crippen MR) is 81.0 cm³/mol. The fraction of sp³-hybridized carbons (Fsp3) is 0.571. The second-order valence-corrected chi connectivity index (χ2v) is 7.86. The van der Waals surface area contributed by atoms with Gasteiger partial charge in [-0.3, -0.25) is 10.1 Å². The van der Waals surface area contributed by atoms with Crippen LogP contribution in [0.2, 0.25) is 0 Å². The highest BCUT2D eigenvalue weighted by Crippen LogP contribution is 2.30. The van der Waals surface area contributed by atoms with Crippen molar-refractivity contribution in [3.63, 3.8) is 0 Å². The third kappa shape index (κ3) is 2.86. The number of nitro benzene ring substituents is 1. The van der Waals surface area contributed by atoms with Crippen molar-refractivity contribution in [2.75, 3.05) is 19.6 Å². The molecule has 0 spiro atoms. The van der Waals surface area contributed by atoms with E-state index in [9.17, 15) is 18.5 Å². The first kappa shape index (κ1) is 15.4. The first-order valence-electron chi connectivity index (χ1n) is 7.45. The molecule has 0 aromatic heterocycles. The first-order chi connectivity index (χ1) is 10.5. The van der Waals surface area contributed by atoms with Crippen molar-refractivity contribution in [3.8, 4) is 0 Å². The van der Waals surface area contributed by atoms with Crippen LogP contribution in [0.3, 0.4) is 0 Å². The minimum Gasteiger partial charge on any atom is -0.312 e. The van der Waals surface area contributed by atoms with E-state index in [0.29, 0.717) is 13.1 Å². The van der Waals surface area contributed by atoms with E-state index in [1.165, 1.54) is 28.6 Å². The summed E-state index contributed by atoms with van der Waals surface area (Å²) in [6.45, 7) is 1.62. The van der Waals surface area contributed by atoms with Crippen LogP contribution in [0.25, 0.3) is 0 Å². The number of fused-ring (bicyclic) bond motifs is 3. The summed E-state index contributed by atoms with van der Waals surface area (Å²) in [5.74, 6) is 0.269. The summed E-state index contributed by atoms with van der Waals surface area (Å²) < 4.78 is 27.2. The van der Waals surface area contributed by atoms with Crippen molar-refractivity contribution in [1.29, 1.82) is 0 Å². The number of benzene rings is 1. The Morgan fingerprint density at radius 2 is 2.00 bits per heavy atom. The van der Waals surface area contributed by atoms with Crippen molar-refractivity contribution in [3.05, 3.63) is 34.4 Å². The molecule has 0 amide bonds. The average Bonchev–Trinajstić information content (AvgIpc) is 2.81. The molecule has 2 fully saturated rings. The number of hydrogen-bond acceptors (Lipinski definition) is 5. The van der Waals surface area contributed by atoms with Gasteiger partial charge in [-0.05, 0) is 31.4 Å². The lowest BCUT2D eigenvalue weighted by atomic mass is 10.0. The smallest absolute Gasteiger partial charge is 0.289 e. The van der Waals surface area contributed by atoms with Gasteiger partial charge in [0.25, 0.3) is 5.69 Å². The van der Waals surface area contributed by atoms with E-state index >= 15 is 0 Å². The van der Waals surface area contributed by atoms with E-state index in [2.05, 4.69) is 5.32 Å². The monoisotopic (exact) mass is 325 g/mol. The van der Waals surface area contributed by atoms with Gasteiger partial charge >= 0.3 is 0 Å². The van der Waals surface area contributed by atoms with Crippen molar-refractivity contribution < 1.29 is 13.3 Å². The minimum atomic E-state index is -3.85. The Labute approximate surface area is 129 Å². The second-order valence-electron chi connectivity index (χ2n) is 5.95. The third-order valence-electron chi connectivity index (χ3n) is 4.43. The number of sulfonamides is 1. The van der Waals surface area contributed by atoms with Crippen LogP contribution in [0.5, 0.6) is 0 Å². The molecule has 2 atom stereocenters. The zero-order valence-electron chi connectivity index (χ0n) is 12.1. The molecule has 1 N–H and O–H groups in total. The summed E-state index contributed by atoms with van der Waals surface area (Å²) in [7, 11) is -3.85. The van der Waals surface area contributed by atoms with E-state index < -0.39 is 14.9 Å². The molecule has 3 rings (SSSR count). The Morgan fingerprint density at radius 1 is 1.23 bits per heavy atom. The van der Waals surface area contributed by atoms with Gasteiger partial charge in [0.15, 0.2) is 4.90 Å². The molecule has 8 heteroatoms. The van der Waals surface area contributed by atoms with Gasteiger partial charge in [0, 0.05) is 25.2 Å². The molecule has 2 saturated heterocycles. The summed E-state index contributed by atoms with van der Waals surface area (Å²) in [6, 6.07) is 5.70. The molecule has 2 unspecified atom stereocenters. The van der Waals surface area contributed by atoms with Gasteiger partial charge in [-0.15, -0.1) is 0 Å². The fourth-order valence-corrected chi connectivity index (χ4v) is 4.99. The van der Waals surface area contributed by atoms with Gasteiger partial charge in [-0.2, -0.15) is 4.31 Å². The number of nitrogens with zero attached hydrogens (tertiary/aromatic N) is 2. The molecule has 0 radical (unpaired) electrons. The maximum Gasteiger partial charge on any atom is 0.289 e. The lowest BCUT2D eigenvalue weighted by molar-refractivity contribution is -0.387. The molecule has 120 valence electrons. The number of nitro groups is 1. The van der Waals surface area contributed by atoms with Crippen LogP contribution in [0.1, 0.15) is 19.3 Å². The molecule has 2 bridgehead atoms. The third-order valence-corrected chi connectivity index (χ3v) is 6.30. The Morgan fingerprint density at radius 3 is 2.77 bits per heavy atom. The molecule has 22 heavy (non-hydrogen) atoms. The quantitative estimate of drug-likeness (QED) is 0.669. The van der Waals surface area contributed by atoms with Crippen LogP contribution in [0, 0.1) is 16.0 Å². The SMILES string of the molecule is O=[N+]([O-])c1ccccc1S(=O)(=O)N1CC2CCCC(C1)NC2. The van der Waals surface area contributed by atoms with E-state index in [1.54, 1.807) is 0 Å². The van der Waals surface area contributed by atoms with Gasteiger partial charge in [0.1, 0.15) is 0 Å². The Kier molecular flexibility index (Phi) is 4.16. The standard InChI is InChI=1S/C14H19N3O4S/c18-17(19)13-6-1-2-7-14(13)22(20,21)16-9-11-4-3-5-12(10-16)15-8-11/h1-2,6-7,11-12,15H,3-5,8-10H2. The van der Waals surface area contributed by atoms with Crippen LogP contribution in [0.15, 0.2) is 29.2 Å². The Hall–Kier alpha value is -1.51. The lowest BCUT2D eigenvalue weighted by Crippen LogP contribution is -2.41. The average molecular weight is 325 g/mol. The fourth-order valence-electron chi connectivity index (χ4n) is 3.27. The highest BCUT2D eigenvalue weighted by molar-refractivity contribution is 7.89. The summed E-state index contributed by atoms with van der Waals surface area (Å²) in [5, 5.41) is 14.5. The number of nitrogens with one attached hydrogen (secondary N) is 1. The molecule has 1 aromatic rings. The second kappa shape index (κ2) is 5.94. The highest BCUT2D eigenvalue weighted by Gasteiger charge is 2.37. The molecule has 2 aliphatic rings. The van der Waals surface area contributed by atoms with Gasteiger partial charge in [-0.1, -0.05) is 18.6 Å². The van der Waals surface area contributed by atoms with Gasteiger partial charge < -0.3 is 5.32 Å². The first-order valence-corrected chi connectivity index (χ1v) is 8.89. The lowest BCUT2D eigenvalue weighted by Gasteiger charge is -2.27. The Bertz CT molecular complexity index is 662. The van der Waals surface area contributed by atoms with Crippen LogP contribution in [0.4, 0.5) is 5.69 Å². The van der Waals surface area contributed by atoms with Crippen molar-refractivity contribution >= 4 is 15.7 Å². The maximum atomic E-state index is 12.9. The summed E-state index contributed by atoms with van der Waals surface area (Å²) in [5.41, 5.74) is -0.357. The molecular formula is C14H19N3O4S. The Balaban J connectivity index is 1.98. The van der Waals surface area contributed by atoms with Gasteiger partial charge in [0.05, 0.1) is 4.92 Å². The zero-order chi connectivity index (χ0) is 15.7. The van der Waals surface area contributed by atoms with E-state index in [1.807, 2.05) is 0 Å². The molecule has 7 nitrogen and oxygen atoms in total. The maximum absolute atomic E-state index is 12.9. The zero-order valence-corrected chi connectivity index (χ0v) is 13.0. The molecule has 2 heterocycles. The topological polar surface area (TPSA) is 92.5 Å². The molecule has 0 aliphatic carbocycles. The van der Waals surface area contributed by atoms with Crippen LogP contribution < -0.4 is 5.32 Å². The van der Waals surface area contributed by atoms with Gasteiger partial charge in [-0.25, -0.2) is 8.42 Å². The predicted octanol–water partition coefficient (Wildman–Crippen LogP) is 1.36. The highest BCUT2D eigenvalue weighted by atomic mass is 32.2. The summed E-state index contributed by atoms with van der Waals surface area (Å²) in [6.07, 6.45) is 3.04. The number of hydrogen-bond donors (Lipinski definition) is 1. The van der Waals surface area contributed by atoms with Crippen molar-refractivity contribution in [1.82, 2.24) is 9.62 Å². The van der Waals surface area contributed by atoms with Gasteiger partial charge in [0.2, 0.25) is 10.0 Å². The van der Waals surface area contributed by atoms with Crippen molar-refractivity contribution in [2.45, 2.75) is 30.2 Å². The number of rotatable bonds is 3. The molecular weight excluding hydrogens is 306 g/mol. The van der Waals surface area contributed by atoms with Crippen LogP contribution in [-0.4, -0.2) is 43.3 Å². The van der Waals surface area contributed by atoms with Crippen molar-refractivity contribution in [2.24, 2.45) is 5.92 Å². The van der Waals surface area contributed by atoms with E-state index in [0.717, 1.165) is 25.8 Å². The largest absolute Gasteiger partial charge is 0.312 e. The normalized spacial score (nSPS) is 26.4. The summed E-state index contributed by atoms with van der Waals surface area (Å²) in [4.78, 5) is 10.3. The minimum absolute atomic E-state index is 0.130. The number of para-hydroxylation sites is 1. The van der Waals surface area contributed by atoms with E-state index in [4.69, 9.17) is 0 Å². The summed E-state index contributed by atoms with van der Waals surface area (Å²) >= 11 is 0. The molecule has 2 aliphatic heterocycles. The van der Waals surface area contributed by atoms with Crippen LogP contribution in [-0.2, 0) is 10.0 Å².